The van der Waals surface area contributed by atoms with Gasteiger partial charge in [0.1, 0.15) is 5.82 Å². The van der Waals surface area contributed by atoms with Crippen molar-refractivity contribution in [2.24, 2.45) is 0 Å². The topological polar surface area (TPSA) is 110 Å². The number of rotatable bonds is 5. The number of halogens is 2. The van der Waals surface area contributed by atoms with Gasteiger partial charge >= 0.3 is 12.3 Å². The Labute approximate surface area is 179 Å². The molecule has 162 valence electrons. The van der Waals surface area contributed by atoms with E-state index in [-0.39, 0.29) is 22.0 Å². The first-order valence-corrected chi connectivity index (χ1v) is 10.8. The van der Waals surface area contributed by atoms with Crippen LogP contribution < -0.4 is 10.5 Å². The molecular weight excluding hydrogens is 442 g/mol. The first-order chi connectivity index (χ1) is 15.3. The molecule has 0 aliphatic carbocycles. The first kappa shape index (κ1) is 19.9. The normalized spacial score (nSPS) is 12.1. The summed E-state index contributed by atoms with van der Waals surface area (Å²) in [6.45, 7) is -2.79. The molecule has 8 nitrogen and oxygen atoms in total. The molecule has 0 bridgehead atoms. The van der Waals surface area contributed by atoms with Crippen LogP contribution in [-0.2, 0) is 10.0 Å². The van der Waals surface area contributed by atoms with Crippen molar-refractivity contribution in [3.63, 3.8) is 0 Å². The molecule has 0 fully saturated rings. The summed E-state index contributed by atoms with van der Waals surface area (Å²) in [6, 6.07) is 16.5. The van der Waals surface area contributed by atoms with E-state index < -0.39 is 22.3 Å². The number of hydrogen-bond donors (Lipinski definition) is 2. The molecule has 2 heterocycles. The summed E-state index contributed by atoms with van der Waals surface area (Å²) < 4.78 is 60.9. The average molecular weight is 456 g/mol. The fourth-order valence-electron chi connectivity index (χ4n) is 3.44. The number of anilines is 1. The van der Waals surface area contributed by atoms with Gasteiger partial charge in [-0.15, -0.1) is 0 Å². The molecular formula is C21H14F2N4O4S. The van der Waals surface area contributed by atoms with Gasteiger partial charge in [0.15, 0.2) is 5.58 Å². The number of oxazole rings is 1. The summed E-state index contributed by atoms with van der Waals surface area (Å²) in [5, 5.41) is 0. The third-order valence-electron chi connectivity index (χ3n) is 4.89. The number of para-hydroxylation sites is 2. The highest BCUT2D eigenvalue weighted by molar-refractivity contribution is 7.92. The maximum atomic E-state index is 13.7. The van der Waals surface area contributed by atoms with Crippen molar-refractivity contribution in [1.29, 1.82) is 0 Å². The van der Waals surface area contributed by atoms with Crippen molar-refractivity contribution < 1.29 is 21.6 Å². The van der Waals surface area contributed by atoms with Gasteiger partial charge in [-0.3, -0.25) is 14.3 Å². The van der Waals surface area contributed by atoms with Crippen LogP contribution in [-0.4, -0.2) is 23.0 Å². The van der Waals surface area contributed by atoms with E-state index in [4.69, 9.17) is 4.42 Å². The molecule has 3 aromatic carbocycles. The van der Waals surface area contributed by atoms with Crippen LogP contribution in [0.25, 0.3) is 33.5 Å². The van der Waals surface area contributed by atoms with E-state index in [1.54, 1.807) is 24.3 Å². The molecule has 5 rings (SSSR count). The molecule has 0 unspecified atom stereocenters. The zero-order valence-electron chi connectivity index (χ0n) is 16.1. The second-order valence-electron chi connectivity index (χ2n) is 6.93. The van der Waals surface area contributed by atoms with Crippen LogP contribution in [0.4, 0.5) is 14.5 Å². The fourth-order valence-corrected chi connectivity index (χ4v) is 4.51. The Balaban J connectivity index is 1.46. The number of imidazole rings is 1. The monoisotopic (exact) mass is 456 g/mol. The third kappa shape index (κ3) is 3.42. The summed E-state index contributed by atoms with van der Waals surface area (Å²) >= 11 is 0. The minimum Gasteiger partial charge on any atom is -0.408 e. The Hall–Kier alpha value is -3.99. The summed E-state index contributed by atoms with van der Waals surface area (Å²) in [5.74, 6) is -0.614. The fraction of sp³-hybridized carbons (Fsp3) is 0.0476. The third-order valence-corrected chi connectivity index (χ3v) is 6.27. The molecule has 0 radical (unpaired) electrons. The van der Waals surface area contributed by atoms with Crippen molar-refractivity contribution in [2.75, 3.05) is 4.72 Å². The number of aromatic amines is 1. The molecule has 0 saturated carbocycles. The molecule has 0 saturated heterocycles. The lowest BCUT2D eigenvalue weighted by atomic mass is 10.2. The van der Waals surface area contributed by atoms with Crippen LogP contribution in [0.5, 0.6) is 0 Å². The van der Waals surface area contributed by atoms with Gasteiger partial charge in [-0.05, 0) is 48.5 Å². The van der Waals surface area contributed by atoms with E-state index in [9.17, 15) is 22.0 Å². The number of fused-ring (bicyclic) bond motifs is 2. The smallest absolute Gasteiger partial charge is 0.408 e. The highest BCUT2D eigenvalue weighted by atomic mass is 32.2. The number of sulfonamides is 1. The predicted molar refractivity (Wildman–Crippen MR) is 114 cm³/mol. The van der Waals surface area contributed by atoms with Gasteiger partial charge in [-0.2, -0.15) is 8.78 Å². The van der Waals surface area contributed by atoms with Crippen molar-refractivity contribution in [3.05, 3.63) is 77.3 Å². The molecule has 0 spiro atoms. The summed E-state index contributed by atoms with van der Waals surface area (Å²) in [6.07, 6.45) is 0. The van der Waals surface area contributed by atoms with E-state index >= 15 is 0 Å². The molecule has 0 aliphatic rings. The van der Waals surface area contributed by atoms with Crippen molar-refractivity contribution in [2.45, 2.75) is 11.4 Å². The molecule has 32 heavy (non-hydrogen) atoms. The second-order valence-corrected chi connectivity index (χ2v) is 8.61. The van der Waals surface area contributed by atoms with Crippen LogP contribution in [0.1, 0.15) is 6.55 Å². The Morgan fingerprint density at radius 2 is 1.78 bits per heavy atom. The Morgan fingerprint density at radius 1 is 1.03 bits per heavy atom. The van der Waals surface area contributed by atoms with Gasteiger partial charge in [-0.1, -0.05) is 12.1 Å². The van der Waals surface area contributed by atoms with Crippen LogP contribution in [0.2, 0.25) is 0 Å². The zero-order chi connectivity index (χ0) is 22.5. The minimum absolute atomic E-state index is 0.0727. The second kappa shape index (κ2) is 7.31. The molecule has 5 aromatic rings. The highest BCUT2D eigenvalue weighted by Gasteiger charge is 2.20. The summed E-state index contributed by atoms with van der Waals surface area (Å²) in [5.41, 5.74) is 1.84. The molecule has 2 aromatic heterocycles. The molecule has 0 amide bonds. The van der Waals surface area contributed by atoms with Crippen molar-refractivity contribution in [3.8, 4) is 11.4 Å². The SMILES string of the molecule is O=c1[nH]c2ccc(S(=O)(=O)Nc3ccc(-c4nc5ccccc5n4C(F)F)cc3)cc2o1. The molecule has 0 aliphatic heterocycles. The first-order valence-electron chi connectivity index (χ1n) is 9.33. The molecule has 11 heteroatoms. The number of alkyl halides is 2. The van der Waals surface area contributed by atoms with Crippen LogP contribution >= 0.6 is 0 Å². The Kier molecular flexibility index (Phi) is 4.55. The lowest BCUT2D eigenvalue weighted by Gasteiger charge is -2.10. The number of benzene rings is 3. The maximum absolute atomic E-state index is 13.7. The number of hydrogen-bond acceptors (Lipinski definition) is 5. The Bertz CT molecular complexity index is 1620. The number of nitrogens with one attached hydrogen (secondary N) is 2. The van der Waals surface area contributed by atoms with Crippen molar-refractivity contribution in [1.82, 2.24) is 14.5 Å². The summed E-state index contributed by atoms with van der Waals surface area (Å²) in [4.78, 5) is 17.9. The van der Waals surface area contributed by atoms with E-state index in [0.29, 0.717) is 22.1 Å². The highest BCUT2D eigenvalue weighted by Crippen LogP contribution is 2.30. The molecule has 0 atom stereocenters. The molecule has 2 N–H and O–H groups in total. The van der Waals surface area contributed by atoms with Gasteiger partial charge in [0.2, 0.25) is 0 Å². The Morgan fingerprint density at radius 3 is 2.53 bits per heavy atom. The van der Waals surface area contributed by atoms with Gasteiger partial charge in [0, 0.05) is 17.3 Å². The van der Waals surface area contributed by atoms with E-state index in [1.807, 2.05) is 0 Å². The van der Waals surface area contributed by atoms with Gasteiger partial charge < -0.3 is 4.42 Å². The van der Waals surface area contributed by atoms with E-state index in [2.05, 4.69) is 14.7 Å². The van der Waals surface area contributed by atoms with E-state index in [1.165, 1.54) is 42.5 Å². The quantitative estimate of drug-likeness (QED) is 0.409. The standard InChI is InChI=1S/C21H14F2N4O4S/c22-20(23)27-17-4-2-1-3-15(17)24-19(27)12-5-7-13(8-6-12)26-32(29,30)14-9-10-16-18(11-14)31-21(28)25-16/h1-11,20,26H,(H,25,28). The predicted octanol–water partition coefficient (Wildman–Crippen LogP) is 4.33. The van der Waals surface area contributed by atoms with Gasteiger partial charge in [0.25, 0.3) is 10.0 Å². The lowest BCUT2D eigenvalue weighted by Crippen LogP contribution is -2.12. The van der Waals surface area contributed by atoms with Gasteiger partial charge in [-0.25, -0.2) is 18.2 Å². The van der Waals surface area contributed by atoms with Crippen LogP contribution in [0, 0.1) is 0 Å². The minimum atomic E-state index is -3.98. The summed E-state index contributed by atoms with van der Waals surface area (Å²) in [7, 11) is -3.98. The van der Waals surface area contributed by atoms with E-state index in [0.717, 1.165) is 4.57 Å². The van der Waals surface area contributed by atoms with Crippen molar-refractivity contribution >= 4 is 37.8 Å². The lowest BCUT2D eigenvalue weighted by molar-refractivity contribution is 0.0764. The number of H-pyrrole nitrogens is 1. The maximum Gasteiger partial charge on any atom is 0.417 e. The van der Waals surface area contributed by atoms with Crippen LogP contribution in [0.15, 0.2) is 80.8 Å². The largest absolute Gasteiger partial charge is 0.417 e. The average Bonchev–Trinajstić information content (AvgIpc) is 3.33. The van der Waals surface area contributed by atoms with Gasteiger partial charge in [0.05, 0.1) is 21.4 Å². The van der Waals surface area contributed by atoms with Crippen LogP contribution in [0.3, 0.4) is 0 Å². The number of aromatic nitrogens is 3. The zero-order valence-corrected chi connectivity index (χ0v) is 16.9. The number of nitrogens with zero attached hydrogens (tertiary/aromatic N) is 2.